The molecule has 3 aromatic heterocycles. The Bertz CT molecular complexity index is 4200. The molecule has 4 heterocycles. The van der Waals surface area contributed by atoms with E-state index in [1.54, 1.807) is 63.2 Å². The normalized spacial score (nSPS) is 13.3. The van der Waals surface area contributed by atoms with Gasteiger partial charge in [0, 0.05) is 31.3 Å². The van der Waals surface area contributed by atoms with Gasteiger partial charge in [0.1, 0.15) is 40.6 Å². The van der Waals surface area contributed by atoms with E-state index in [1.807, 2.05) is 119 Å². The number of imide groups is 1. The average Bonchev–Trinajstić information content (AvgIpc) is 1.33. The van der Waals surface area contributed by atoms with E-state index in [9.17, 15) is 28.8 Å². The number of anilines is 2. The first-order chi connectivity index (χ1) is 42.6. The SMILES string of the molecule is CCCc1nc2c(=O)n(CCOc3ccc(NC(=O)COc4ccc(CC5SC(=O)NC5=O)cc4)cc3N(C)C(=O)OC(C)(C)C)[nH]c(=O)c2n1Cc1ccc(-c2ccccc2-c2nnnn2C(c2ccccc2)(c2ccccc2)c2ccccc2)cc1. The zero-order valence-electron chi connectivity index (χ0n) is 49.0. The molecule has 4 amide bonds. The second-order valence-corrected chi connectivity index (χ2v) is 23.2. The fraction of sp³-hybridized carbons (Fsp3) is 0.224. The highest BCUT2D eigenvalue weighted by molar-refractivity contribution is 8.15. The third-order valence-electron chi connectivity index (χ3n) is 14.9. The number of benzene rings is 7. The maximum absolute atomic E-state index is 14.3. The summed E-state index contributed by atoms with van der Waals surface area (Å²) in [5, 5.41) is 20.8. The highest BCUT2D eigenvalue weighted by Gasteiger charge is 2.42. The number of carbonyl (C=O) groups excluding carboxylic acids is 4. The molecule has 0 spiro atoms. The number of tetrazole rings is 1. The molecular weight excluding hydrogens is 1130 g/mol. The van der Waals surface area contributed by atoms with Crippen molar-refractivity contribution in [1.29, 1.82) is 0 Å². The first-order valence-corrected chi connectivity index (χ1v) is 29.6. The quantitative estimate of drug-likeness (QED) is 0.0568. The molecule has 0 radical (unpaired) electrons. The molecule has 1 saturated heterocycles. The molecule has 1 fully saturated rings. The molecule has 1 aliphatic rings. The summed E-state index contributed by atoms with van der Waals surface area (Å²) in [6.45, 7) is 6.91. The van der Waals surface area contributed by atoms with Gasteiger partial charge in [0.15, 0.2) is 17.9 Å². The Balaban J connectivity index is 0.809. The van der Waals surface area contributed by atoms with Crippen LogP contribution in [-0.4, -0.2) is 93.8 Å². The monoisotopic (exact) mass is 1200 g/mol. The number of hydrogen-bond acceptors (Lipinski definition) is 14. The molecule has 88 heavy (non-hydrogen) atoms. The number of nitrogens with one attached hydrogen (secondary N) is 3. The van der Waals surface area contributed by atoms with Crippen molar-refractivity contribution in [2.75, 3.05) is 30.5 Å². The Morgan fingerprint density at radius 3 is 1.98 bits per heavy atom. The predicted octanol–water partition coefficient (Wildman–Crippen LogP) is 10.4. The van der Waals surface area contributed by atoms with Gasteiger partial charge in [-0.25, -0.2) is 19.1 Å². The number of hydrogen-bond donors (Lipinski definition) is 3. The number of amides is 4. The molecule has 21 heteroatoms. The first-order valence-electron chi connectivity index (χ1n) is 28.7. The topological polar surface area (TPSA) is 240 Å². The second kappa shape index (κ2) is 25.7. The number of imidazole rings is 1. The summed E-state index contributed by atoms with van der Waals surface area (Å²) in [6.07, 6.45) is 0.880. The Morgan fingerprint density at radius 2 is 1.36 bits per heavy atom. The molecule has 10 aromatic rings. The van der Waals surface area contributed by atoms with Gasteiger partial charge in [-0.15, -0.1) is 5.10 Å². The van der Waals surface area contributed by atoms with Gasteiger partial charge in [-0.2, -0.15) is 0 Å². The van der Waals surface area contributed by atoms with Crippen molar-refractivity contribution in [2.24, 2.45) is 0 Å². The van der Waals surface area contributed by atoms with Crippen LogP contribution in [0.15, 0.2) is 192 Å². The Hall–Kier alpha value is -10.4. The summed E-state index contributed by atoms with van der Waals surface area (Å²) in [6, 6.07) is 58.4. The summed E-state index contributed by atoms with van der Waals surface area (Å²) < 4.78 is 22.5. The maximum atomic E-state index is 14.3. The highest BCUT2D eigenvalue weighted by atomic mass is 32.2. The minimum absolute atomic E-state index is 0.0205. The van der Waals surface area contributed by atoms with Crippen LogP contribution in [0.2, 0.25) is 0 Å². The van der Waals surface area contributed by atoms with E-state index < -0.39 is 39.5 Å². The van der Waals surface area contributed by atoms with Crippen LogP contribution in [0.25, 0.3) is 33.5 Å². The van der Waals surface area contributed by atoms with Crippen LogP contribution < -0.4 is 36.1 Å². The van der Waals surface area contributed by atoms with Crippen LogP contribution in [0.3, 0.4) is 0 Å². The molecule has 3 N–H and O–H groups in total. The lowest BCUT2D eigenvalue weighted by Gasteiger charge is -2.36. The van der Waals surface area contributed by atoms with Crippen molar-refractivity contribution >= 4 is 57.3 Å². The summed E-state index contributed by atoms with van der Waals surface area (Å²) >= 11 is 0.950. The molecule has 20 nitrogen and oxygen atoms in total. The summed E-state index contributed by atoms with van der Waals surface area (Å²) in [7, 11) is 1.50. The van der Waals surface area contributed by atoms with Crippen molar-refractivity contribution in [3.63, 3.8) is 0 Å². The number of carbonyl (C=O) groups is 4. The third-order valence-corrected chi connectivity index (χ3v) is 15.9. The number of aryl methyl sites for hydroxylation is 1. The number of aromatic amines is 1. The van der Waals surface area contributed by atoms with Crippen LogP contribution in [0.4, 0.5) is 21.0 Å². The van der Waals surface area contributed by atoms with Crippen LogP contribution >= 0.6 is 11.8 Å². The van der Waals surface area contributed by atoms with Crippen LogP contribution in [0, 0.1) is 0 Å². The van der Waals surface area contributed by atoms with Gasteiger partial charge >= 0.3 is 6.09 Å². The highest BCUT2D eigenvalue weighted by Crippen LogP contribution is 2.44. The van der Waals surface area contributed by atoms with E-state index >= 15 is 0 Å². The number of H-pyrrole nitrogens is 1. The maximum Gasteiger partial charge on any atom is 0.414 e. The van der Waals surface area contributed by atoms with Gasteiger partial charge in [-0.05, 0) is 113 Å². The minimum Gasteiger partial charge on any atom is -0.489 e. The fourth-order valence-electron chi connectivity index (χ4n) is 10.8. The van der Waals surface area contributed by atoms with Crippen molar-refractivity contribution < 1.29 is 33.4 Å². The first kappa shape index (κ1) is 59.3. The van der Waals surface area contributed by atoms with Gasteiger partial charge < -0.3 is 24.1 Å². The van der Waals surface area contributed by atoms with E-state index in [2.05, 4.69) is 57.3 Å². The van der Waals surface area contributed by atoms with Crippen molar-refractivity contribution in [3.8, 4) is 34.0 Å². The van der Waals surface area contributed by atoms with Crippen molar-refractivity contribution in [3.05, 3.63) is 236 Å². The molecule has 0 saturated carbocycles. The van der Waals surface area contributed by atoms with E-state index in [0.29, 0.717) is 42.3 Å². The third kappa shape index (κ3) is 12.6. The summed E-state index contributed by atoms with van der Waals surface area (Å²) in [5.41, 5.74) is 5.18. The largest absolute Gasteiger partial charge is 0.489 e. The van der Waals surface area contributed by atoms with Crippen molar-refractivity contribution in [2.45, 2.75) is 76.4 Å². The minimum atomic E-state index is -0.957. The van der Waals surface area contributed by atoms with Gasteiger partial charge in [-0.3, -0.25) is 39.3 Å². The van der Waals surface area contributed by atoms with E-state index in [1.165, 1.54) is 16.6 Å². The smallest absolute Gasteiger partial charge is 0.414 e. The Kier molecular flexibility index (Phi) is 17.3. The van der Waals surface area contributed by atoms with Gasteiger partial charge in [-0.1, -0.05) is 170 Å². The van der Waals surface area contributed by atoms with E-state index in [0.717, 1.165) is 56.3 Å². The zero-order chi connectivity index (χ0) is 61.5. The Morgan fingerprint density at radius 1 is 0.739 bits per heavy atom. The van der Waals surface area contributed by atoms with Gasteiger partial charge in [0.05, 0.1) is 17.5 Å². The zero-order valence-corrected chi connectivity index (χ0v) is 49.8. The number of rotatable bonds is 21. The molecular formula is C67H63N11O9S. The number of thioether (sulfide) groups is 1. The molecule has 1 aliphatic heterocycles. The lowest BCUT2D eigenvalue weighted by molar-refractivity contribution is -0.119. The molecule has 0 aliphatic carbocycles. The number of fused-ring (bicyclic) bond motifs is 1. The van der Waals surface area contributed by atoms with Crippen LogP contribution in [-0.2, 0) is 45.8 Å². The molecule has 0 bridgehead atoms. The van der Waals surface area contributed by atoms with E-state index in [4.69, 9.17) is 29.5 Å². The second-order valence-electron chi connectivity index (χ2n) is 22.1. The van der Waals surface area contributed by atoms with Crippen LogP contribution in [0.1, 0.15) is 67.8 Å². The molecule has 446 valence electrons. The molecule has 1 atom stereocenters. The summed E-state index contributed by atoms with van der Waals surface area (Å²) in [4.78, 5) is 84.7. The van der Waals surface area contributed by atoms with Crippen LogP contribution in [0.5, 0.6) is 11.5 Å². The lowest BCUT2D eigenvalue weighted by atomic mass is 9.77. The average molecular weight is 1200 g/mol. The lowest BCUT2D eigenvalue weighted by Crippen LogP contribution is -2.39. The number of ether oxygens (including phenoxy) is 3. The molecule has 1 unspecified atom stereocenters. The van der Waals surface area contributed by atoms with E-state index in [-0.39, 0.29) is 59.9 Å². The Labute approximate surface area is 510 Å². The summed E-state index contributed by atoms with van der Waals surface area (Å²) in [5.74, 6) is 0.960. The fourth-order valence-corrected chi connectivity index (χ4v) is 11.7. The van der Waals surface area contributed by atoms with Gasteiger partial charge in [0.25, 0.3) is 22.3 Å². The molecule has 11 rings (SSSR count). The number of nitrogens with zero attached hydrogens (tertiary/aromatic N) is 8. The molecule has 7 aromatic carbocycles. The van der Waals surface area contributed by atoms with Gasteiger partial charge in [0.2, 0.25) is 5.91 Å². The standard InChI is InChI=1S/C67H63N11O9S/c1-6-18-56-69-58-59(76(56)41-44-27-31-45(32-28-44)51-25-16-17-26-52(51)60-71-73-74-78(60)67(46-19-10-7-11-20-46,47-21-12-8-13-22-47)48-23-14-9-15-24-48)62(81)72-77(63(58)82)37-38-85-54-36-33-49(40-53(54)75(5)65(84)87-66(2,3)4)68-57(79)42-86-50-34-29-43(30-35-50)39-55-61(80)70-64(83)88-55/h7-17,19-36,40,55H,6,18,37-39,41-42H2,1-5H3,(H,68,79)(H,72,81)(H,70,80,83). The number of aromatic nitrogens is 8. The van der Waals surface area contributed by atoms with Crippen molar-refractivity contribution in [1.82, 2.24) is 44.9 Å². The predicted molar refractivity (Wildman–Crippen MR) is 337 cm³/mol.